The minimum atomic E-state index is -0.480. The summed E-state index contributed by atoms with van der Waals surface area (Å²) < 4.78 is 18.5. The number of benzene rings is 2. The van der Waals surface area contributed by atoms with Crippen LogP contribution in [0.3, 0.4) is 0 Å². The second kappa shape index (κ2) is 7.80. The number of amides is 2. The lowest BCUT2D eigenvalue weighted by atomic mass is 10.1. The molecule has 2 amide bonds. The van der Waals surface area contributed by atoms with Crippen LogP contribution in [0.15, 0.2) is 53.1 Å². The molecule has 1 fully saturated rings. The number of rotatable bonds is 6. The number of halogens is 1. The van der Waals surface area contributed by atoms with Gasteiger partial charge in [0, 0.05) is 12.1 Å². The number of hydrogen-bond donors (Lipinski definition) is 2. The molecule has 4 rings (SSSR count). The van der Waals surface area contributed by atoms with Crippen molar-refractivity contribution in [2.24, 2.45) is 0 Å². The Kier molecular flexibility index (Phi) is 5.06. The minimum Gasteiger partial charge on any atom is -0.337 e. The maximum absolute atomic E-state index is 13.3. The fraction of sp³-hybridized carbons (Fsp3) is 0.286. The first-order chi connectivity index (χ1) is 13.6. The van der Waals surface area contributed by atoms with Gasteiger partial charge in [-0.05, 0) is 48.9 Å². The molecule has 28 heavy (non-hydrogen) atoms. The van der Waals surface area contributed by atoms with Crippen molar-refractivity contribution in [1.82, 2.24) is 20.8 Å². The number of nitrogens with one attached hydrogen (secondary N) is 2. The SMILES string of the molecule is C[C@H](NC(=O)NCc1ccc(C2CC2)cc1)c1nc(-c2cccc(F)c2)no1. The smallest absolute Gasteiger partial charge is 0.315 e. The standard InChI is InChI=1S/C21H21FN4O2/c1-13(20-25-19(26-28-20)17-3-2-4-18(22)11-17)24-21(27)23-12-14-5-7-15(8-6-14)16-9-10-16/h2-8,11,13,16H,9-10,12H2,1H3,(H2,23,24,27)/t13-/m0/s1. The van der Waals surface area contributed by atoms with E-state index < -0.39 is 6.04 Å². The van der Waals surface area contributed by atoms with Gasteiger partial charge in [-0.25, -0.2) is 9.18 Å². The Morgan fingerprint density at radius 3 is 2.75 bits per heavy atom. The van der Waals surface area contributed by atoms with Gasteiger partial charge in [0.25, 0.3) is 0 Å². The van der Waals surface area contributed by atoms with Crippen molar-refractivity contribution in [3.05, 3.63) is 71.4 Å². The molecule has 0 radical (unpaired) electrons. The number of nitrogens with zero attached hydrogens (tertiary/aromatic N) is 2. The van der Waals surface area contributed by atoms with Crippen LogP contribution in [0.2, 0.25) is 0 Å². The summed E-state index contributed by atoms with van der Waals surface area (Å²) in [5, 5.41) is 9.43. The number of hydrogen-bond acceptors (Lipinski definition) is 4. The molecule has 144 valence electrons. The van der Waals surface area contributed by atoms with Gasteiger partial charge in [0.2, 0.25) is 11.7 Å². The predicted octanol–water partition coefficient (Wildman–Crippen LogP) is 4.31. The van der Waals surface area contributed by atoms with Crippen molar-refractivity contribution in [1.29, 1.82) is 0 Å². The second-order valence-electron chi connectivity index (χ2n) is 7.03. The molecule has 2 N–H and O–H groups in total. The number of carbonyl (C=O) groups excluding carboxylic acids is 1. The molecular weight excluding hydrogens is 359 g/mol. The Morgan fingerprint density at radius 2 is 2.04 bits per heavy atom. The van der Waals surface area contributed by atoms with Crippen LogP contribution in [0.5, 0.6) is 0 Å². The van der Waals surface area contributed by atoms with E-state index in [-0.39, 0.29) is 23.6 Å². The maximum Gasteiger partial charge on any atom is 0.315 e. The van der Waals surface area contributed by atoms with Crippen LogP contribution >= 0.6 is 0 Å². The predicted molar refractivity (Wildman–Crippen MR) is 102 cm³/mol. The Labute approximate surface area is 162 Å². The molecule has 1 aliphatic carbocycles. The van der Waals surface area contributed by atoms with Gasteiger partial charge >= 0.3 is 6.03 Å². The van der Waals surface area contributed by atoms with Gasteiger partial charge in [0.05, 0.1) is 0 Å². The zero-order valence-corrected chi connectivity index (χ0v) is 15.5. The summed E-state index contributed by atoms with van der Waals surface area (Å²) in [5.41, 5.74) is 2.92. The highest BCUT2D eigenvalue weighted by Gasteiger charge is 2.23. The molecule has 1 heterocycles. The molecule has 1 aliphatic rings. The van der Waals surface area contributed by atoms with Crippen molar-refractivity contribution in [2.45, 2.75) is 38.3 Å². The van der Waals surface area contributed by atoms with Crippen LogP contribution in [-0.4, -0.2) is 16.2 Å². The molecule has 0 aliphatic heterocycles. The van der Waals surface area contributed by atoms with Crippen molar-refractivity contribution in [2.75, 3.05) is 0 Å². The Balaban J connectivity index is 1.30. The molecule has 1 atom stereocenters. The third-order valence-corrected chi connectivity index (χ3v) is 4.72. The highest BCUT2D eigenvalue weighted by molar-refractivity contribution is 5.74. The number of carbonyl (C=O) groups is 1. The van der Waals surface area contributed by atoms with E-state index in [9.17, 15) is 9.18 Å². The molecule has 3 aromatic rings. The summed E-state index contributed by atoms with van der Waals surface area (Å²) in [4.78, 5) is 16.4. The Bertz CT molecular complexity index is 967. The van der Waals surface area contributed by atoms with E-state index in [0.717, 1.165) is 11.5 Å². The normalized spacial score (nSPS) is 14.5. The molecule has 0 unspecified atom stereocenters. The van der Waals surface area contributed by atoms with Gasteiger partial charge in [0.15, 0.2) is 0 Å². The molecule has 2 aromatic carbocycles. The third kappa shape index (κ3) is 4.36. The van der Waals surface area contributed by atoms with E-state index in [1.165, 1.54) is 30.5 Å². The second-order valence-corrected chi connectivity index (χ2v) is 7.03. The monoisotopic (exact) mass is 380 g/mol. The van der Waals surface area contributed by atoms with E-state index in [1.807, 2.05) is 12.1 Å². The number of urea groups is 1. The molecule has 0 bridgehead atoms. The fourth-order valence-electron chi connectivity index (χ4n) is 2.97. The molecule has 1 aromatic heterocycles. The van der Waals surface area contributed by atoms with E-state index in [0.29, 0.717) is 12.1 Å². The van der Waals surface area contributed by atoms with Crippen molar-refractivity contribution in [3.63, 3.8) is 0 Å². The zero-order chi connectivity index (χ0) is 19.5. The van der Waals surface area contributed by atoms with Crippen LogP contribution in [0.1, 0.15) is 48.7 Å². The fourth-order valence-corrected chi connectivity index (χ4v) is 2.97. The van der Waals surface area contributed by atoms with Crippen molar-refractivity contribution >= 4 is 6.03 Å². The minimum absolute atomic E-state index is 0.253. The topological polar surface area (TPSA) is 80.0 Å². The molecule has 0 spiro atoms. The van der Waals surface area contributed by atoms with Crippen LogP contribution in [0.25, 0.3) is 11.4 Å². The first-order valence-corrected chi connectivity index (χ1v) is 9.31. The van der Waals surface area contributed by atoms with Crippen LogP contribution in [0, 0.1) is 5.82 Å². The van der Waals surface area contributed by atoms with Gasteiger partial charge in [-0.3, -0.25) is 0 Å². The van der Waals surface area contributed by atoms with Gasteiger partial charge in [-0.2, -0.15) is 4.98 Å². The summed E-state index contributed by atoms with van der Waals surface area (Å²) in [6, 6.07) is 13.5. The highest BCUT2D eigenvalue weighted by Crippen LogP contribution is 2.39. The summed E-state index contributed by atoms with van der Waals surface area (Å²) in [5.74, 6) is 0.875. The highest BCUT2D eigenvalue weighted by atomic mass is 19.1. The summed E-state index contributed by atoms with van der Waals surface area (Å²) in [6.45, 7) is 2.18. The largest absolute Gasteiger partial charge is 0.337 e. The summed E-state index contributed by atoms with van der Waals surface area (Å²) in [6.07, 6.45) is 2.54. The Hall–Kier alpha value is -3.22. The van der Waals surface area contributed by atoms with Gasteiger partial charge < -0.3 is 15.2 Å². The number of aromatic nitrogens is 2. The quantitative estimate of drug-likeness (QED) is 0.668. The van der Waals surface area contributed by atoms with Gasteiger partial charge in [-0.15, -0.1) is 0 Å². The molecule has 1 saturated carbocycles. The average molecular weight is 380 g/mol. The Morgan fingerprint density at radius 1 is 1.25 bits per heavy atom. The molecule has 6 nitrogen and oxygen atoms in total. The van der Waals surface area contributed by atoms with E-state index >= 15 is 0 Å². The third-order valence-electron chi connectivity index (χ3n) is 4.72. The lowest BCUT2D eigenvalue weighted by molar-refractivity contribution is 0.233. The summed E-state index contributed by atoms with van der Waals surface area (Å²) in [7, 11) is 0. The van der Waals surface area contributed by atoms with Crippen LogP contribution in [-0.2, 0) is 6.54 Å². The lowest BCUT2D eigenvalue weighted by Gasteiger charge is -2.11. The van der Waals surface area contributed by atoms with Crippen molar-refractivity contribution in [3.8, 4) is 11.4 Å². The van der Waals surface area contributed by atoms with Gasteiger partial charge in [-0.1, -0.05) is 41.6 Å². The van der Waals surface area contributed by atoms with Crippen molar-refractivity contribution < 1.29 is 13.7 Å². The van der Waals surface area contributed by atoms with E-state index in [1.54, 1.807) is 19.1 Å². The van der Waals surface area contributed by atoms with Crippen LogP contribution < -0.4 is 10.6 Å². The van der Waals surface area contributed by atoms with E-state index in [4.69, 9.17) is 4.52 Å². The average Bonchev–Trinajstić information content (AvgIpc) is 3.42. The maximum atomic E-state index is 13.3. The molecule has 0 saturated heterocycles. The van der Waals surface area contributed by atoms with Gasteiger partial charge in [0.1, 0.15) is 11.9 Å². The molecular formula is C21H21FN4O2. The first-order valence-electron chi connectivity index (χ1n) is 9.31. The lowest BCUT2D eigenvalue weighted by Crippen LogP contribution is -2.36. The first kappa shape index (κ1) is 18.2. The zero-order valence-electron chi connectivity index (χ0n) is 15.5. The van der Waals surface area contributed by atoms with E-state index in [2.05, 4.69) is 32.9 Å². The summed E-state index contributed by atoms with van der Waals surface area (Å²) >= 11 is 0. The molecule has 7 heteroatoms. The van der Waals surface area contributed by atoms with Crippen LogP contribution in [0.4, 0.5) is 9.18 Å².